The lowest BCUT2D eigenvalue weighted by Crippen LogP contribution is -1.95. The largest absolute Gasteiger partial charge is 0.496 e. The second kappa shape index (κ2) is 4.74. The van der Waals surface area contributed by atoms with Gasteiger partial charge in [0.1, 0.15) is 11.6 Å². The summed E-state index contributed by atoms with van der Waals surface area (Å²) in [6, 6.07) is 9.54. The molecule has 1 aromatic carbocycles. The van der Waals surface area contributed by atoms with Crippen LogP contribution in [0.25, 0.3) is 0 Å². The number of pyridine rings is 1. The van der Waals surface area contributed by atoms with E-state index >= 15 is 0 Å². The number of aromatic nitrogens is 1. The van der Waals surface area contributed by atoms with Gasteiger partial charge in [0.25, 0.3) is 0 Å². The molecule has 0 bridgehead atoms. The molecule has 1 heterocycles. The first kappa shape index (κ1) is 11.3. The van der Waals surface area contributed by atoms with E-state index in [1.54, 1.807) is 13.3 Å². The highest BCUT2D eigenvalue weighted by Gasteiger charge is 2.00. The van der Waals surface area contributed by atoms with Gasteiger partial charge in [-0.05, 0) is 42.8 Å². The number of benzene rings is 1. The number of hydrogen-bond acceptors (Lipinski definition) is 4. The number of aryl methyl sites for hydroxylation is 1. The van der Waals surface area contributed by atoms with Gasteiger partial charge in [0.05, 0.1) is 19.0 Å². The molecule has 2 rings (SSSR count). The number of anilines is 3. The number of nitrogens with one attached hydrogen (secondary N) is 1. The number of rotatable bonds is 3. The van der Waals surface area contributed by atoms with Crippen LogP contribution in [0, 0.1) is 6.92 Å². The summed E-state index contributed by atoms with van der Waals surface area (Å²) in [4.78, 5) is 4.18. The minimum absolute atomic E-state index is 0.654. The topological polar surface area (TPSA) is 60.2 Å². The van der Waals surface area contributed by atoms with Gasteiger partial charge < -0.3 is 15.8 Å². The van der Waals surface area contributed by atoms with Crippen LogP contribution in [0.3, 0.4) is 0 Å². The van der Waals surface area contributed by atoms with Gasteiger partial charge in [-0.15, -0.1) is 0 Å². The third-order valence-corrected chi connectivity index (χ3v) is 2.45. The molecule has 0 aliphatic rings. The van der Waals surface area contributed by atoms with Crippen LogP contribution in [0.2, 0.25) is 0 Å². The van der Waals surface area contributed by atoms with Crippen molar-refractivity contribution in [1.29, 1.82) is 0 Å². The molecule has 2 aromatic rings. The average molecular weight is 229 g/mol. The number of methoxy groups -OCH3 is 1. The maximum absolute atomic E-state index is 5.58. The summed E-state index contributed by atoms with van der Waals surface area (Å²) < 4.78 is 5.21. The average Bonchev–Trinajstić information content (AvgIpc) is 2.32. The molecule has 0 spiro atoms. The Kier molecular flexibility index (Phi) is 3.14. The van der Waals surface area contributed by atoms with Gasteiger partial charge in [0.15, 0.2) is 0 Å². The second-order valence-corrected chi connectivity index (χ2v) is 3.79. The molecule has 0 saturated carbocycles. The van der Waals surface area contributed by atoms with Crippen LogP contribution in [0.4, 0.5) is 17.2 Å². The summed E-state index contributed by atoms with van der Waals surface area (Å²) in [5.74, 6) is 1.64. The summed E-state index contributed by atoms with van der Waals surface area (Å²) in [7, 11) is 1.66. The molecule has 1 aromatic heterocycles. The van der Waals surface area contributed by atoms with E-state index in [1.165, 1.54) is 0 Å². The van der Waals surface area contributed by atoms with Crippen molar-refractivity contribution in [2.75, 3.05) is 18.2 Å². The second-order valence-electron chi connectivity index (χ2n) is 3.79. The summed E-state index contributed by atoms with van der Waals surface area (Å²) in [5.41, 5.74) is 8.28. The monoisotopic (exact) mass is 229 g/mol. The van der Waals surface area contributed by atoms with Gasteiger partial charge in [-0.3, -0.25) is 0 Å². The van der Waals surface area contributed by atoms with Crippen LogP contribution in [-0.4, -0.2) is 12.1 Å². The van der Waals surface area contributed by atoms with Crippen molar-refractivity contribution in [2.24, 2.45) is 0 Å². The van der Waals surface area contributed by atoms with Crippen LogP contribution < -0.4 is 15.8 Å². The van der Waals surface area contributed by atoms with Gasteiger partial charge in [-0.25, -0.2) is 4.98 Å². The fourth-order valence-electron chi connectivity index (χ4n) is 1.58. The molecule has 4 heteroatoms. The SMILES string of the molecule is COc1ccc(Nc2ccc(N)cn2)cc1C. The Morgan fingerprint density at radius 3 is 2.65 bits per heavy atom. The maximum atomic E-state index is 5.58. The molecule has 88 valence electrons. The van der Waals surface area contributed by atoms with Gasteiger partial charge in [-0.1, -0.05) is 0 Å². The number of hydrogen-bond donors (Lipinski definition) is 2. The van der Waals surface area contributed by atoms with Gasteiger partial charge in [0, 0.05) is 5.69 Å². The quantitative estimate of drug-likeness (QED) is 0.849. The number of ether oxygens (including phenoxy) is 1. The van der Waals surface area contributed by atoms with E-state index in [2.05, 4.69) is 10.3 Å². The Hall–Kier alpha value is -2.23. The first-order valence-electron chi connectivity index (χ1n) is 5.32. The summed E-state index contributed by atoms with van der Waals surface area (Å²) in [6.07, 6.45) is 1.62. The lowest BCUT2D eigenvalue weighted by Gasteiger charge is -2.09. The molecule has 0 saturated heterocycles. The van der Waals surface area contributed by atoms with Crippen LogP contribution in [0.15, 0.2) is 36.5 Å². The molecule has 0 fully saturated rings. The van der Waals surface area contributed by atoms with Gasteiger partial charge >= 0.3 is 0 Å². The van der Waals surface area contributed by atoms with Crippen molar-refractivity contribution < 1.29 is 4.74 Å². The minimum Gasteiger partial charge on any atom is -0.496 e. The number of nitrogens with zero attached hydrogens (tertiary/aromatic N) is 1. The summed E-state index contributed by atoms with van der Waals surface area (Å²) in [6.45, 7) is 2.00. The predicted octanol–water partition coefficient (Wildman–Crippen LogP) is 2.72. The molecular weight excluding hydrogens is 214 g/mol. The van der Waals surface area contributed by atoms with Gasteiger partial charge in [-0.2, -0.15) is 0 Å². The fraction of sp³-hybridized carbons (Fsp3) is 0.154. The molecule has 17 heavy (non-hydrogen) atoms. The normalized spacial score (nSPS) is 10.0. The zero-order chi connectivity index (χ0) is 12.3. The van der Waals surface area contributed by atoms with Crippen molar-refractivity contribution in [1.82, 2.24) is 4.98 Å². The van der Waals surface area contributed by atoms with E-state index in [0.717, 1.165) is 22.8 Å². The Morgan fingerprint density at radius 2 is 2.06 bits per heavy atom. The fourth-order valence-corrected chi connectivity index (χ4v) is 1.58. The lowest BCUT2D eigenvalue weighted by molar-refractivity contribution is 0.412. The summed E-state index contributed by atoms with van der Waals surface area (Å²) in [5, 5.41) is 3.20. The van der Waals surface area contributed by atoms with E-state index in [1.807, 2.05) is 37.3 Å². The van der Waals surface area contributed by atoms with Crippen molar-refractivity contribution in [3.63, 3.8) is 0 Å². The zero-order valence-corrected chi connectivity index (χ0v) is 9.90. The number of nitrogen functional groups attached to an aromatic ring is 1. The van der Waals surface area contributed by atoms with E-state index in [0.29, 0.717) is 5.69 Å². The van der Waals surface area contributed by atoms with Crippen molar-refractivity contribution in [3.05, 3.63) is 42.1 Å². The van der Waals surface area contributed by atoms with Crippen LogP contribution >= 0.6 is 0 Å². The lowest BCUT2D eigenvalue weighted by atomic mass is 10.2. The zero-order valence-electron chi connectivity index (χ0n) is 9.90. The van der Waals surface area contributed by atoms with E-state index in [9.17, 15) is 0 Å². The molecule has 0 atom stereocenters. The van der Waals surface area contributed by atoms with Gasteiger partial charge in [0.2, 0.25) is 0 Å². The first-order chi connectivity index (χ1) is 8.19. The first-order valence-corrected chi connectivity index (χ1v) is 5.32. The highest BCUT2D eigenvalue weighted by Crippen LogP contribution is 2.23. The molecule has 0 aliphatic carbocycles. The molecule has 4 nitrogen and oxygen atoms in total. The Labute approximate surface area is 100 Å². The minimum atomic E-state index is 0.654. The molecule has 3 N–H and O–H groups in total. The standard InChI is InChI=1S/C13H15N3O/c1-9-7-11(4-5-12(9)17-2)16-13-6-3-10(14)8-15-13/h3-8H,14H2,1-2H3,(H,15,16). The molecular formula is C13H15N3O. The third-order valence-electron chi connectivity index (χ3n) is 2.45. The highest BCUT2D eigenvalue weighted by atomic mass is 16.5. The van der Waals surface area contributed by atoms with E-state index in [-0.39, 0.29) is 0 Å². The Bertz CT molecular complexity index is 509. The summed E-state index contributed by atoms with van der Waals surface area (Å²) >= 11 is 0. The Morgan fingerprint density at radius 1 is 1.24 bits per heavy atom. The highest BCUT2D eigenvalue weighted by molar-refractivity contribution is 5.60. The number of nitrogens with two attached hydrogens (primary N) is 1. The van der Waals surface area contributed by atoms with Crippen molar-refractivity contribution in [3.8, 4) is 5.75 Å². The predicted molar refractivity (Wildman–Crippen MR) is 69.7 cm³/mol. The van der Waals surface area contributed by atoms with E-state index < -0.39 is 0 Å². The molecule has 0 aliphatic heterocycles. The van der Waals surface area contributed by atoms with Crippen LogP contribution in [-0.2, 0) is 0 Å². The maximum Gasteiger partial charge on any atom is 0.130 e. The van der Waals surface area contributed by atoms with E-state index in [4.69, 9.17) is 10.5 Å². The van der Waals surface area contributed by atoms with Crippen LogP contribution in [0.5, 0.6) is 5.75 Å². The smallest absolute Gasteiger partial charge is 0.130 e. The van der Waals surface area contributed by atoms with Crippen molar-refractivity contribution in [2.45, 2.75) is 6.92 Å². The molecule has 0 radical (unpaired) electrons. The Balaban J connectivity index is 2.19. The third kappa shape index (κ3) is 2.66. The van der Waals surface area contributed by atoms with Crippen LogP contribution in [0.1, 0.15) is 5.56 Å². The van der Waals surface area contributed by atoms with Crippen molar-refractivity contribution >= 4 is 17.2 Å². The molecule has 0 unspecified atom stereocenters. The molecule has 0 amide bonds.